The molecular weight excluding hydrogens is 467 g/mol. The van der Waals surface area contributed by atoms with E-state index < -0.39 is 0 Å². The monoisotopic (exact) mass is 492 g/mol. The lowest BCUT2D eigenvalue weighted by atomic mass is 10.1. The molecule has 7 heteroatoms. The van der Waals surface area contributed by atoms with E-state index >= 15 is 0 Å². The number of aryl methyl sites for hydroxylation is 1. The number of thioether (sulfide) groups is 1. The number of hydrogen-bond donors (Lipinski definition) is 0. The minimum Gasteiger partial charge on any atom is -0.337 e. The third-order valence-corrected chi connectivity index (χ3v) is 9.20. The molecule has 0 saturated heterocycles. The van der Waals surface area contributed by atoms with Gasteiger partial charge in [0.15, 0.2) is 12.7 Å². The van der Waals surface area contributed by atoms with Crippen molar-refractivity contribution in [3.05, 3.63) is 95.8 Å². The maximum atomic E-state index is 13.4. The Kier molecular flexibility index (Phi) is 6.27. The van der Waals surface area contributed by atoms with E-state index in [2.05, 4.69) is 83.6 Å². The number of benzene rings is 2. The van der Waals surface area contributed by atoms with Crippen molar-refractivity contribution in [1.82, 2.24) is 4.57 Å². The molecule has 0 unspecified atom stereocenters. The summed E-state index contributed by atoms with van der Waals surface area (Å²) in [7, 11) is 2.06. The topological polar surface area (TPSA) is 29.1 Å². The summed E-state index contributed by atoms with van der Waals surface area (Å²) >= 11 is 5.00. The number of nitrogens with zero attached hydrogens (tertiary/aromatic N) is 3. The Balaban J connectivity index is 1.60. The van der Waals surface area contributed by atoms with Gasteiger partial charge in [0.2, 0.25) is 0 Å². The summed E-state index contributed by atoms with van der Waals surface area (Å²) in [5.41, 5.74) is 3.85. The predicted molar refractivity (Wildman–Crippen MR) is 141 cm³/mol. The van der Waals surface area contributed by atoms with Crippen LogP contribution in [-0.2, 0) is 19.5 Å². The van der Waals surface area contributed by atoms with Gasteiger partial charge in [-0.15, -0.1) is 11.3 Å². The van der Waals surface area contributed by atoms with Crippen molar-refractivity contribution >= 4 is 51.2 Å². The first kappa shape index (κ1) is 22.2. The van der Waals surface area contributed by atoms with Crippen molar-refractivity contribution in [1.29, 1.82) is 0 Å². The van der Waals surface area contributed by atoms with E-state index in [1.165, 1.54) is 21.7 Å². The average molecular weight is 493 g/mol. The van der Waals surface area contributed by atoms with Gasteiger partial charge >= 0.3 is 0 Å². The van der Waals surface area contributed by atoms with Crippen molar-refractivity contribution in [2.45, 2.75) is 38.3 Å². The predicted octanol–water partition coefficient (Wildman–Crippen LogP) is 4.03. The van der Waals surface area contributed by atoms with E-state index in [1.54, 1.807) is 34.4 Å². The van der Waals surface area contributed by atoms with Crippen LogP contribution < -0.4 is 24.2 Å². The van der Waals surface area contributed by atoms with E-state index in [-0.39, 0.29) is 5.56 Å². The molecule has 0 amide bonds. The summed E-state index contributed by atoms with van der Waals surface area (Å²) in [6.07, 6.45) is 5.29. The highest BCUT2D eigenvalue weighted by Gasteiger charge is 2.25. The number of fused-ring (bicyclic) bond motifs is 1. The minimum atomic E-state index is 0.0952. The Bertz CT molecular complexity index is 1480. The Morgan fingerprint density at radius 3 is 2.64 bits per heavy atom. The minimum absolute atomic E-state index is 0.0952. The van der Waals surface area contributed by atoms with E-state index in [1.807, 2.05) is 17.6 Å². The standard InChI is InChI=1S/C26H26N3OS3/c1-4-18-11-12-20-21(15-18)32-26(27(20)3)24-25(30)29(5-2)23(33-24)16-22-28(13-14-31-22)17-19-9-7-6-8-10-19/h6-16H,4-5,17H2,1-3H3/q+1/b26-24+. The van der Waals surface area contributed by atoms with Gasteiger partial charge in [0, 0.05) is 24.1 Å². The van der Waals surface area contributed by atoms with Crippen LogP contribution in [0.5, 0.6) is 0 Å². The lowest BCUT2D eigenvalue weighted by Crippen LogP contribution is -2.36. The fourth-order valence-electron chi connectivity index (χ4n) is 4.03. The molecule has 0 radical (unpaired) electrons. The first-order valence-electron chi connectivity index (χ1n) is 11.1. The van der Waals surface area contributed by atoms with Crippen LogP contribution in [-0.4, -0.2) is 11.6 Å². The first-order chi connectivity index (χ1) is 16.1. The molecular formula is C26H26N3OS3+. The van der Waals surface area contributed by atoms with E-state index in [4.69, 9.17) is 0 Å². The number of hydrogen-bond acceptors (Lipinski definition) is 5. The highest BCUT2D eigenvalue weighted by atomic mass is 32.2. The Morgan fingerprint density at radius 2 is 1.88 bits per heavy atom. The van der Waals surface area contributed by atoms with Crippen molar-refractivity contribution in [2.24, 2.45) is 0 Å². The van der Waals surface area contributed by atoms with Crippen molar-refractivity contribution in [2.75, 3.05) is 11.9 Å². The van der Waals surface area contributed by atoms with Gasteiger partial charge in [-0.3, -0.25) is 9.36 Å². The van der Waals surface area contributed by atoms with Gasteiger partial charge in [-0.2, -0.15) is 4.57 Å². The number of anilines is 1. The molecule has 0 saturated carbocycles. The second kappa shape index (κ2) is 9.33. The molecule has 0 N–H and O–H groups in total. The summed E-state index contributed by atoms with van der Waals surface area (Å²) in [4.78, 5) is 16.8. The molecule has 0 fully saturated rings. The molecule has 1 aliphatic rings. The molecule has 2 aromatic heterocycles. The van der Waals surface area contributed by atoms with Crippen LogP contribution in [0.2, 0.25) is 0 Å². The number of thiazole rings is 2. The molecule has 4 aromatic rings. The van der Waals surface area contributed by atoms with Crippen molar-refractivity contribution in [3.8, 4) is 0 Å². The van der Waals surface area contributed by atoms with Gasteiger partial charge in [-0.05, 0) is 31.0 Å². The molecule has 2 aromatic carbocycles. The molecule has 33 heavy (non-hydrogen) atoms. The molecule has 5 rings (SSSR count). The molecule has 3 heterocycles. The summed E-state index contributed by atoms with van der Waals surface area (Å²) < 4.78 is 5.95. The Labute approximate surface area is 205 Å². The maximum absolute atomic E-state index is 13.4. The lowest BCUT2D eigenvalue weighted by molar-refractivity contribution is -0.685. The van der Waals surface area contributed by atoms with Gasteiger partial charge in [-0.25, -0.2) is 0 Å². The molecule has 0 spiro atoms. The lowest BCUT2D eigenvalue weighted by Gasteiger charge is -2.12. The second-order valence-electron chi connectivity index (χ2n) is 7.94. The number of aromatic nitrogens is 2. The van der Waals surface area contributed by atoms with Gasteiger partial charge in [0.25, 0.3) is 10.6 Å². The molecule has 4 nitrogen and oxygen atoms in total. The Morgan fingerprint density at radius 1 is 1.06 bits per heavy atom. The summed E-state index contributed by atoms with van der Waals surface area (Å²) in [6.45, 7) is 5.68. The van der Waals surface area contributed by atoms with Crippen molar-refractivity contribution in [3.63, 3.8) is 0 Å². The first-order valence-corrected chi connectivity index (χ1v) is 13.6. The second-order valence-corrected chi connectivity index (χ2v) is 10.9. The third kappa shape index (κ3) is 4.21. The third-order valence-electron chi connectivity index (χ3n) is 5.88. The zero-order valence-corrected chi connectivity index (χ0v) is 21.4. The summed E-state index contributed by atoms with van der Waals surface area (Å²) in [6, 6.07) is 17.1. The van der Waals surface area contributed by atoms with E-state index in [0.29, 0.717) is 6.54 Å². The molecule has 0 bridgehead atoms. The molecule has 168 valence electrons. The molecule has 0 aliphatic carbocycles. The van der Waals surface area contributed by atoms with Crippen LogP contribution in [0.25, 0.3) is 11.1 Å². The SMILES string of the molecule is CCc1ccc2c(c1)S/C(=c1/s/c(=C\c3scc[n+]3Cc3ccccc3)n(CC)c1=O)N2C. The van der Waals surface area contributed by atoms with Gasteiger partial charge in [-0.1, -0.05) is 66.4 Å². The van der Waals surface area contributed by atoms with Crippen LogP contribution in [0, 0.1) is 0 Å². The summed E-state index contributed by atoms with van der Waals surface area (Å²) in [5.74, 6) is 0. The quantitative estimate of drug-likeness (QED) is 0.394. The average Bonchev–Trinajstić information content (AvgIpc) is 3.50. The van der Waals surface area contributed by atoms with Crippen LogP contribution in [0.15, 0.2) is 69.8 Å². The van der Waals surface area contributed by atoms with Crippen LogP contribution in [0.3, 0.4) is 0 Å². The highest BCUT2D eigenvalue weighted by molar-refractivity contribution is 8.08. The Hall–Kier alpha value is -2.61. The highest BCUT2D eigenvalue weighted by Crippen LogP contribution is 2.45. The van der Waals surface area contributed by atoms with E-state index in [0.717, 1.165) is 32.2 Å². The molecule has 1 aliphatic heterocycles. The zero-order chi connectivity index (χ0) is 22.9. The van der Waals surface area contributed by atoms with Crippen LogP contribution >= 0.6 is 34.4 Å². The van der Waals surface area contributed by atoms with Crippen LogP contribution in [0.4, 0.5) is 5.69 Å². The van der Waals surface area contributed by atoms with Gasteiger partial charge in [0.05, 0.1) is 17.1 Å². The van der Waals surface area contributed by atoms with Crippen LogP contribution in [0.1, 0.15) is 30.0 Å². The van der Waals surface area contributed by atoms with Gasteiger partial charge in [0.1, 0.15) is 14.2 Å². The maximum Gasteiger partial charge on any atom is 0.271 e. The fraction of sp³-hybridized carbons (Fsp3) is 0.231. The smallest absolute Gasteiger partial charge is 0.271 e. The fourth-order valence-corrected chi connectivity index (χ4v) is 7.41. The number of rotatable bonds is 5. The van der Waals surface area contributed by atoms with Crippen molar-refractivity contribution < 1.29 is 4.57 Å². The van der Waals surface area contributed by atoms with E-state index in [9.17, 15) is 4.79 Å². The largest absolute Gasteiger partial charge is 0.337 e. The normalized spacial score (nSPS) is 15.4. The zero-order valence-electron chi connectivity index (χ0n) is 18.9. The molecule has 0 atom stereocenters. The summed E-state index contributed by atoms with van der Waals surface area (Å²) in [5, 5.41) is 4.27. The van der Waals surface area contributed by atoms with Gasteiger partial charge < -0.3 is 4.90 Å².